The molecule has 0 bridgehead atoms. The van der Waals surface area contributed by atoms with Gasteiger partial charge in [-0.15, -0.1) is 0 Å². The number of rotatable bonds is 2. The van der Waals surface area contributed by atoms with Crippen LogP contribution in [0.15, 0.2) is 18.2 Å². The Bertz CT molecular complexity index is 367. The third-order valence-electron chi connectivity index (χ3n) is 1.73. The number of aromatic nitrogens is 1. The molecule has 0 spiro atoms. The lowest BCUT2D eigenvalue weighted by atomic mass is 10.3. The average Bonchev–Trinajstić information content (AvgIpc) is 2.27. The molecule has 6 heteroatoms. The summed E-state index contributed by atoms with van der Waals surface area (Å²) < 4.78 is 8.93. The Morgan fingerprint density at radius 2 is 1.53 bits per heavy atom. The second-order valence-electron chi connectivity index (χ2n) is 2.57. The number of nitrogens with zero attached hydrogens (tertiary/aromatic N) is 1. The normalized spacial score (nSPS) is 9.47. The van der Waals surface area contributed by atoms with Crippen LogP contribution in [0.3, 0.4) is 0 Å². The number of ether oxygens (including phenoxy) is 2. The molecule has 0 aliphatic heterocycles. The molecular formula is C9H9NO5. The zero-order chi connectivity index (χ0) is 11.4. The van der Waals surface area contributed by atoms with Crippen molar-refractivity contribution in [1.82, 2.24) is 0 Å². The number of esters is 2. The summed E-state index contributed by atoms with van der Waals surface area (Å²) in [6.45, 7) is 0. The Morgan fingerprint density at radius 1 is 1.13 bits per heavy atom. The Labute approximate surface area is 85.6 Å². The van der Waals surface area contributed by atoms with Crippen molar-refractivity contribution in [3.05, 3.63) is 34.8 Å². The molecule has 0 saturated heterocycles. The van der Waals surface area contributed by atoms with Gasteiger partial charge in [-0.1, -0.05) is 0 Å². The third-order valence-corrected chi connectivity index (χ3v) is 1.73. The maximum atomic E-state index is 11.5. The monoisotopic (exact) mass is 211 g/mol. The number of carbonyl (C=O) groups is 2. The highest BCUT2D eigenvalue weighted by molar-refractivity contribution is 5.88. The predicted molar refractivity (Wildman–Crippen MR) is 48.1 cm³/mol. The molecule has 0 unspecified atom stereocenters. The van der Waals surface area contributed by atoms with Crippen molar-refractivity contribution in [1.29, 1.82) is 0 Å². The first kappa shape index (κ1) is 11.0. The molecule has 1 rings (SSSR count). The fraction of sp³-hybridized carbons (Fsp3) is 0.222. The van der Waals surface area contributed by atoms with Crippen LogP contribution in [0.1, 0.15) is 21.0 Å². The van der Waals surface area contributed by atoms with Gasteiger partial charge in [0, 0.05) is 12.1 Å². The minimum absolute atomic E-state index is 0.178. The van der Waals surface area contributed by atoms with E-state index in [1.807, 2.05) is 0 Å². The highest BCUT2D eigenvalue weighted by Crippen LogP contribution is 2.00. The van der Waals surface area contributed by atoms with Gasteiger partial charge in [-0.05, 0) is 6.07 Å². The summed E-state index contributed by atoms with van der Waals surface area (Å²) >= 11 is 0. The minimum atomic E-state index is -0.809. The lowest BCUT2D eigenvalue weighted by Crippen LogP contribution is -2.41. The number of carbonyl (C=O) groups excluding carboxylic acids is 2. The quantitative estimate of drug-likeness (QED) is 0.387. The van der Waals surface area contributed by atoms with Gasteiger partial charge in [0.2, 0.25) is 0 Å². The lowest BCUT2D eigenvalue weighted by molar-refractivity contribution is -0.611. The van der Waals surface area contributed by atoms with E-state index in [1.165, 1.54) is 18.2 Å². The van der Waals surface area contributed by atoms with E-state index >= 15 is 0 Å². The van der Waals surface area contributed by atoms with Crippen LogP contribution in [0.4, 0.5) is 0 Å². The molecule has 0 atom stereocenters. The van der Waals surface area contributed by atoms with Crippen LogP contribution < -0.4 is 4.73 Å². The van der Waals surface area contributed by atoms with Crippen molar-refractivity contribution in [2.75, 3.05) is 14.2 Å². The summed E-state index contributed by atoms with van der Waals surface area (Å²) in [5.41, 5.74) is -0.527. The summed E-state index contributed by atoms with van der Waals surface area (Å²) in [6, 6.07) is 3.91. The Morgan fingerprint density at radius 3 is 1.87 bits per heavy atom. The first-order chi connectivity index (χ1) is 7.11. The zero-order valence-corrected chi connectivity index (χ0v) is 8.22. The van der Waals surface area contributed by atoms with E-state index in [0.29, 0.717) is 0 Å². The standard InChI is InChI=1S/C9H9NO5/c1-14-8(11)6-4-3-5-7(10(6)13)9(12)15-2/h3-5H,1-2H3. The van der Waals surface area contributed by atoms with Gasteiger partial charge in [-0.3, -0.25) is 0 Å². The van der Waals surface area contributed by atoms with Crippen LogP contribution >= 0.6 is 0 Å². The maximum Gasteiger partial charge on any atom is 0.404 e. The van der Waals surface area contributed by atoms with Crippen LogP contribution in [-0.2, 0) is 9.47 Å². The molecule has 0 saturated carbocycles. The molecular weight excluding hydrogens is 202 g/mol. The van der Waals surface area contributed by atoms with Crippen LogP contribution in [0.2, 0.25) is 0 Å². The lowest BCUT2D eigenvalue weighted by Gasteiger charge is -2.05. The Hall–Kier alpha value is -2.11. The molecule has 1 aromatic rings. The van der Waals surface area contributed by atoms with Gasteiger partial charge in [0.25, 0.3) is 0 Å². The molecule has 80 valence electrons. The van der Waals surface area contributed by atoms with E-state index < -0.39 is 11.9 Å². The van der Waals surface area contributed by atoms with Crippen molar-refractivity contribution in [2.24, 2.45) is 0 Å². The SMILES string of the molecule is COC(=O)c1cccc(C(=O)OC)[n+]1[O-]. The van der Waals surface area contributed by atoms with Crippen molar-refractivity contribution in [3.63, 3.8) is 0 Å². The van der Waals surface area contributed by atoms with Gasteiger partial charge < -0.3 is 14.7 Å². The number of pyridine rings is 1. The first-order valence-corrected chi connectivity index (χ1v) is 4.01. The first-order valence-electron chi connectivity index (χ1n) is 4.01. The van der Waals surface area contributed by atoms with Gasteiger partial charge in [-0.2, -0.15) is 4.73 Å². The molecule has 0 amide bonds. The summed E-state index contributed by atoms with van der Waals surface area (Å²) in [5, 5.41) is 11.5. The van der Waals surface area contributed by atoms with Crippen molar-refractivity contribution >= 4 is 11.9 Å². The highest BCUT2D eigenvalue weighted by atomic mass is 16.5. The van der Waals surface area contributed by atoms with Gasteiger partial charge in [0.05, 0.1) is 14.2 Å². The molecule has 0 aliphatic carbocycles. The van der Waals surface area contributed by atoms with Crippen LogP contribution in [0, 0.1) is 5.21 Å². The van der Waals surface area contributed by atoms with Crippen molar-refractivity contribution in [2.45, 2.75) is 0 Å². The van der Waals surface area contributed by atoms with E-state index in [2.05, 4.69) is 9.47 Å². The maximum absolute atomic E-state index is 11.5. The van der Waals surface area contributed by atoms with Gasteiger partial charge in [0.1, 0.15) is 0 Å². The molecule has 0 radical (unpaired) electrons. The van der Waals surface area contributed by atoms with Crippen LogP contribution in [0.5, 0.6) is 0 Å². The molecule has 1 aromatic heterocycles. The van der Waals surface area contributed by atoms with Crippen LogP contribution in [0.25, 0.3) is 0 Å². The molecule has 0 aliphatic rings. The van der Waals surface area contributed by atoms with Crippen molar-refractivity contribution in [3.8, 4) is 0 Å². The van der Waals surface area contributed by atoms with E-state index in [9.17, 15) is 14.8 Å². The molecule has 15 heavy (non-hydrogen) atoms. The third kappa shape index (κ3) is 2.04. The molecule has 1 heterocycles. The Kier molecular flexibility index (Phi) is 3.22. The molecule has 0 aromatic carbocycles. The van der Waals surface area contributed by atoms with E-state index in [1.54, 1.807) is 0 Å². The van der Waals surface area contributed by atoms with E-state index in [-0.39, 0.29) is 16.1 Å². The van der Waals surface area contributed by atoms with Crippen LogP contribution in [-0.4, -0.2) is 26.2 Å². The van der Waals surface area contributed by atoms with Crippen molar-refractivity contribution < 1.29 is 23.8 Å². The highest BCUT2D eigenvalue weighted by Gasteiger charge is 2.23. The second kappa shape index (κ2) is 4.41. The van der Waals surface area contributed by atoms with Gasteiger partial charge in [-0.25, -0.2) is 9.59 Å². The van der Waals surface area contributed by atoms with Gasteiger partial charge in [0.15, 0.2) is 0 Å². The van der Waals surface area contributed by atoms with E-state index in [4.69, 9.17) is 0 Å². The molecule has 6 nitrogen and oxygen atoms in total. The molecule has 0 fully saturated rings. The number of hydrogen-bond acceptors (Lipinski definition) is 5. The Balaban J connectivity index is 3.23. The summed E-state index contributed by atoms with van der Waals surface area (Å²) in [5.74, 6) is -1.62. The smallest absolute Gasteiger partial charge is 0.404 e. The number of methoxy groups -OCH3 is 2. The fourth-order valence-electron chi connectivity index (χ4n) is 1.01. The van der Waals surface area contributed by atoms with Gasteiger partial charge >= 0.3 is 23.3 Å². The minimum Gasteiger partial charge on any atom is -0.617 e. The van der Waals surface area contributed by atoms with E-state index in [0.717, 1.165) is 14.2 Å². The molecule has 0 N–H and O–H groups in total. The number of hydrogen-bond donors (Lipinski definition) is 0. The predicted octanol–water partition coefficient (Wildman–Crippen LogP) is -0.107. The zero-order valence-electron chi connectivity index (χ0n) is 8.22. The summed E-state index contributed by atoms with van der Waals surface area (Å²) in [7, 11) is 2.29. The largest absolute Gasteiger partial charge is 0.617 e. The summed E-state index contributed by atoms with van der Waals surface area (Å²) in [6.07, 6.45) is 0. The fourth-order valence-corrected chi connectivity index (χ4v) is 1.01. The topological polar surface area (TPSA) is 79.5 Å². The second-order valence-corrected chi connectivity index (χ2v) is 2.57. The average molecular weight is 211 g/mol. The summed E-state index contributed by atoms with van der Waals surface area (Å²) in [4.78, 5) is 22.2.